The number of nitrogens with zero attached hydrogens (tertiary/aromatic N) is 4. The quantitative estimate of drug-likeness (QED) is 0.368. The predicted octanol–water partition coefficient (Wildman–Crippen LogP) is 3.57. The zero-order chi connectivity index (χ0) is 24.2. The van der Waals surface area contributed by atoms with Crippen LogP contribution < -0.4 is 9.64 Å². The van der Waals surface area contributed by atoms with Gasteiger partial charge in [0.15, 0.2) is 0 Å². The molecule has 0 radical (unpaired) electrons. The Balaban J connectivity index is 2.63. The molecular weight excluding hydrogens is 427 g/mol. The third kappa shape index (κ3) is 5.65. The van der Waals surface area contributed by atoms with Gasteiger partial charge in [0.2, 0.25) is 5.82 Å². The van der Waals surface area contributed by atoms with Crippen LogP contribution in [-0.4, -0.2) is 46.8 Å². The number of halogens is 1. The molecule has 0 aliphatic carbocycles. The molecule has 1 heterocycles. The van der Waals surface area contributed by atoms with Crippen LogP contribution in [0.15, 0.2) is 18.2 Å². The van der Waals surface area contributed by atoms with Crippen LogP contribution in [0.4, 0.5) is 20.7 Å². The summed E-state index contributed by atoms with van der Waals surface area (Å²) in [5, 5.41) is 11.7. The SMILES string of the molecule is COC(=O)c1ccc(CN(C(=O)OC(C)(C)C)c2nc(OC)nc(C)c2[N+](=O)[O-])c(F)c1. The number of aromatic nitrogens is 2. The number of carbonyl (C=O) groups excluding carboxylic acids is 2. The topological polar surface area (TPSA) is 134 Å². The number of nitro groups is 1. The largest absolute Gasteiger partial charge is 0.467 e. The Morgan fingerprint density at radius 2 is 1.88 bits per heavy atom. The minimum atomic E-state index is -1.00. The average molecular weight is 450 g/mol. The zero-order valence-electron chi connectivity index (χ0n) is 18.5. The van der Waals surface area contributed by atoms with Gasteiger partial charge in [0, 0.05) is 5.56 Å². The highest BCUT2D eigenvalue weighted by molar-refractivity contribution is 5.90. The van der Waals surface area contributed by atoms with Crippen LogP contribution in [0.3, 0.4) is 0 Å². The van der Waals surface area contributed by atoms with Gasteiger partial charge in [0.25, 0.3) is 0 Å². The fourth-order valence-corrected chi connectivity index (χ4v) is 2.65. The summed E-state index contributed by atoms with van der Waals surface area (Å²) >= 11 is 0. The lowest BCUT2D eigenvalue weighted by Crippen LogP contribution is -2.37. The van der Waals surface area contributed by atoms with Crippen LogP contribution in [0.1, 0.15) is 42.4 Å². The molecule has 0 atom stereocenters. The highest BCUT2D eigenvalue weighted by atomic mass is 19.1. The van der Waals surface area contributed by atoms with Crippen LogP contribution >= 0.6 is 0 Å². The molecule has 172 valence electrons. The van der Waals surface area contributed by atoms with E-state index >= 15 is 0 Å². The van der Waals surface area contributed by atoms with E-state index in [2.05, 4.69) is 14.7 Å². The summed E-state index contributed by atoms with van der Waals surface area (Å²) in [6.07, 6.45) is -1.00. The molecule has 2 aromatic rings. The van der Waals surface area contributed by atoms with E-state index in [0.29, 0.717) is 0 Å². The van der Waals surface area contributed by atoms with E-state index in [9.17, 15) is 24.1 Å². The molecule has 1 amide bonds. The Kier molecular flexibility index (Phi) is 7.28. The van der Waals surface area contributed by atoms with Crippen LogP contribution in [-0.2, 0) is 16.0 Å². The summed E-state index contributed by atoms with van der Waals surface area (Å²) in [7, 11) is 2.41. The smallest absolute Gasteiger partial charge is 0.416 e. The molecule has 0 saturated carbocycles. The summed E-state index contributed by atoms with van der Waals surface area (Å²) < 4.78 is 29.6. The third-order valence-electron chi connectivity index (χ3n) is 4.06. The third-order valence-corrected chi connectivity index (χ3v) is 4.06. The van der Waals surface area contributed by atoms with Crippen molar-refractivity contribution in [2.45, 2.75) is 39.8 Å². The second-order valence-electron chi connectivity index (χ2n) is 7.59. The Bertz CT molecular complexity index is 1050. The van der Waals surface area contributed by atoms with Gasteiger partial charge >= 0.3 is 23.8 Å². The molecule has 0 fully saturated rings. The lowest BCUT2D eigenvalue weighted by Gasteiger charge is -2.27. The predicted molar refractivity (Wildman–Crippen MR) is 110 cm³/mol. The number of methoxy groups -OCH3 is 2. The number of benzene rings is 1. The van der Waals surface area contributed by atoms with Crippen LogP contribution in [0.5, 0.6) is 6.01 Å². The first-order valence-electron chi connectivity index (χ1n) is 9.32. The van der Waals surface area contributed by atoms with Crippen molar-refractivity contribution in [3.05, 3.63) is 51.0 Å². The molecule has 2 rings (SSSR count). The molecule has 1 aromatic heterocycles. The minimum Gasteiger partial charge on any atom is -0.467 e. The van der Waals surface area contributed by atoms with E-state index in [1.165, 1.54) is 26.2 Å². The average Bonchev–Trinajstić information content (AvgIpc) is 2.69. The first-order valence-corrected chi connectivity index (χ1v) is 9.32. The van der Waals surface area contributed by atoms with E-state index in [4.69, 9.17) is 9.47 Å². The van der Waals surface area contributed by atoms with Crippen molar-refractivity contribution < 1.29 is 33.1 Å². The lowest BCUT2D eigenvalue weighted by atomic mass is 10.1. The van der Waals surface area contributed by atoms with Crippen LogP contribution in [0.2, 0.25) is 0 Å². The maximum Gasteiger partial charge on any atom is 0.416 e. The highest BCUT2D eigenvalue weighted by Crippen LogP contribution is 2.33. The molecule has 0 aliphatic heterocycles. The van der Waals surface area contributed by atoms with E-state index in [-0.39, 0.29) is 22.8 Å². The Morgan fingerprint density at radius 1 is 1.22 bits per heavy atom. The summed E-state index contributed by atoms with van der Waals surface area (Å²) in [6.45, 7) is 5.69. The molecule has 11 nitrogen and oxygen atoms in total. The maximum absolute atomic E-state index is 14.7. The second kappa shape index (κ2) is 9.54. The fourth-order valence-electron chi connectivity index (χ4n) is 2.65. The number of hydrogen-bond donors (Lipinski definition) is 0. The van der Waals surface area contributed by atoms with Gasteiger partial charge in [-0.25, -0.2) is 14.0 Å². The Morgan fingerprint density at radius 3 is 2.38 bits per heavy atom. The summed E-state index contributed by atoms with van der Waals surface area (Å²) in [4.78, 5) is 44.2. The highest BCUT2D eigenvalue weighted by Gasteiger charge is 2.34. The van der Waals surface area contributed by atoms with Crippen molar-refractivity contribution in [2.75, 3.05) is 19.1 Å². The molecule has 1 aromatic carbocycles. The van der Waals surface area contributed by atoms with Crippen molar-refractivity contribution in [1.82, 2.24) is 9.97 Å². The molecule has 0 aliphatic rings. The maximum atomic E-state index is 14.7. The van der Waals surface area contributed by atoms with Gasteiger partial charge in [0.1, 0.15) is 17.1 Å². The second-order valence-corrected chi connectivity index (χ2v) is 7.59. The number of ether oxygens (including phenoxy) is 3. The molecule has 0 bridgehead atoms. The molecular formula is C20H23FN4O7. The standard InChI is InChI=1S/C20H23FN4O7/c1-11-15(25(28)29)16(23-18(22-11)31-6)24(19(27)32-20(2,3)4)10-13-8-7-12(9-14(13)21)17(26)30-5/h7-9H,10H2,1-6H3. The first kappa shape index (κ1) is 24.4. The molecule has 0 N–H and O–H groups in total. The van der Waals surface area contributed by atoms with Crippen LogP contribution in [0, 0.1) is 22.9 Å². The Hall–Kier alpha value is -3.83. The van der Waals surface area contributed by atoms with Crippen molar-refractivity contribution in [3.63, 3.8) is 0 Å². The summed E-state index contributed by atoms with van der Waals surface area (Å²) in [5.74, 6) is -2.00. The van der Waals surface area contributed by atoms with Crippen molar-refractivity contribution in [1.29, 1.82) is 0 Å². The van der Waals surface area contributed by atoms with Gasteiger partial charge in [-0.2, -0.15) is 9.97 Å². The number of anilines is 1. The monoisotopic (exact) mass is 450 g/mol. The van der Waals surface area contributed by atoms with E-state index in [1.54, 1.807) is 20.8 Å². The molecule has 0 unspecified atom stereocenters. The number of carbonyl (C=O) groups is 2. The first-order chi connectivity index (χ1) is 14.9. The van der Waals surface area contributed by atoms with Crippen molar-refractivity contribution >= 4 is 23.6 Å². The van der Waals surface area contributed by atoms with Gasteiger partial charge in [-0.1, -0.05) is 6.07 Å². The minimum absolute atomic E-state index is 0.0388. The van der Waals surface area contributed by atoms with Crippen LogP contribution in [0.25, 0.3) is 0 Å². The number of esters is 1. The normalized spacial score (nSPS) is 11.0. The molecule has 0 spiro atoms. The Labute approximate surface area is 183 Å². The molecule has 32 heavy (non-hydrogen) atoms. The van der Waals surface area contributed by atoms with Gasteiger partial charge in [-0.3, -0.25) is 15.0 Å². The van der Waals surface area contributed by atoms with E-state index in [0.717, 1.165) is 18.1 Å². The zero-order valence-corrected chi connectivity index (χ0v) is 18.5. The fraction of sp³-hybridized carbons (Fsp3) is 0.400. The lowest BCUT2D eigenvalue weighted by molar-refractivity contribution is -0.385. The van der Waals surface area contributed by atoms with Crippen molar-refractivity contribution in [3.8, 4) is 6.01 Å². The van der Waals surface area contributed by atoms with Gasteiger partial charge in [-0.15, -0.1) is 0 Å². The van der Waals surface area contributed by atoms with E-state index in [1.807, 2.05) is 0 Å². The molecule has 0 saturated heterocycles. The number of hydrogen-bond acceptors (Lipinski definition) is 9. The molecule has 12 heteroatoms. The van der Waals surface area contributed by atoms with Gasteiger partial charge < -0.3 is 14.2 Å². The number of amides is 1. The number of aryl methyl sites for hydroxylation is 1. The number of rotatable bonds is 6. The summed E-state index contributed by atoms with van der Waals surface area (Å²) in [5.41, 5.74) is -1.67. The summed E-state index contributed by atoms with van der Waals surface area (Å²) in [6, 6.07) is 3.28. The van der Waals surface area contributed by atoms with Crippen molar-refractivity contribution in [2.24, 2.45) is 0 Å². The van der Waals surface area contributed by atoms with Gasteiger partial charge in [-0.05, 0) is 39.8 Å². The van der Waals surface area contributed by atoms with E-state index < -0.39 is 46.5 Å². The van der Waals surface area contributed by atoms with Gasteiger partial charge in [0.05, 0.1) is 31.3 Å².